The van der Waals surface area contributed by atoms with Crippen molar-refractivity contribution >= 4 is 10.0 Å². The largest absolute Gasteiger partial charge is 0.388 e. The second kappa shape index (κ2) is 6.56. The summed E-state index contributed by atoms with van der Waals surface area (Å²) < 4.78 is 56.1. The van der Waals surface area contributed by atoms with Crippen LogP contribution < -0.4 is 5.14 Å². The summed E-state index contributed by atoms with van der Waals surface area (Å²) in [6.07, 6.45) is 0. The molecular formula is C16H13F2N3O4S. The minimum atomic E-state index is -4.58. The summed E-state index contributed by atoms with van der Waals surface area (Å²) >= 11 is 0. The number of aromatic nitrogens is 2. The first kappa shape index (κ1) is 18.1. The van der Waals surface area contributed by atoms with Gasteiger partial charge in [-0.15, -0.1) is 0 Å². The van der Waals surface area contributed by atoms with E-state index >= 15 is 0 Å². The van der Waals surface area contributed by atoms with Crippen LogP contribution in [0.15, 0.2) is 39.8 Å². The van der Waals surface area contributed by atoms with Crippen LogP contribution in [0.25, 0.3) is 22.5 Å². The van der Waals surface area contributed by atoms with E-state index in [9.17, 15) is 22.3 Å². The molecule has 10 heteroatoms. The highest BCUT2D eigenvalue weighted by Crippen LogP contribution is 2.36. The first-order valence-electron chi connectivity index (χ1n) is 7.28. The zero-order valence-corrected chi connectivity index (χ0v) is 14.2. The van der Waals surface area contributed by atoms with Crippen molar-refractivity contribution in [2.75, 3.05) is 0 Å². The molecule has 3 rings (SSSR count). The summed E-state index contributed by atoms with van der Waals surface area (Å²) in [5.74, 6) is -2.78. The summed E-state index contributed by atoms with van der Waals surface area (Å²) in [5.41, 5.74) is 1.21. The quantitative estimate of drug-likeness (QED) is 0.714. The zero-order chi connectivity index (χ0) is 19.1. The Balaban J connectivity index is 2.26. The Morgan fingerprint density at radius 3 is 2.42 bits per heavy atom. The molecule has 0 fully saturated rings. The Labute approximate surface area is 147 Å². The number of hydrogen-bond acceptors (Lipinski definition) is 6. The van der Waals surface area contributed by atoms with Gasteiger partial charge in [0.05, 0.1) is 11.3 Å². The van der Waals surface area contributed by atoms with Crippen molar-refractivity contribution < 1.29 is 26.8 Å². The van der Waals surface area contributed by atoms with Crippen molar-refractivity contribution in [3.63, 3.8) is 0 Å². The zero-order valence-electron chi connectivity index (χ0n) is 13.4. The van der Waals surface area contributed by atoms with E-state index in [4.69, 9.17) is 9.66 Å². The van der Waals surface area contributed by atoms with Crippen LogP contribution in [0.2, 0.25) is 0 Å². The highest BCUT2D eigenvalue weighted by Gasteiger charge is 2.26. The van der Waals surface area contributed by atoms with E-state index in [0.29, 0.717) is 11.4 Å². The van der Waals surface area contributed by atoms with E-state index in [-0.39, 0.29) is 22.6 Å². The number of hydrogen-bond donors (Lipinski definition) is 2. The molecule has 2 aromatic heterocycles. The Bertz CT molecular complexity index is 1070. The molecule has 3 aromatic rings. The fourth-order valence-electron chi connectivity index (χ4n) is 2.56. The normalized spacial score (nSPS) is 11.7. The predicted molar refractivity (Wildman–Crippen MR) is 87.1 cm³/mol. The molecule has 0 unspecified atom stereocenters. The molecule has 0 amide bonds. The molecule has 0 bridgehead atoms. The molecule has 0 aliphatic heterocycles. The van der Waals surface area contributed by atoms with Gasteiger partial charge in [-0.3, -0.25) is 4.98 Å². The Morgan fingerprint density at radius 1 is 1.23 bits per heavy atom. The molecule has 1 aromatic carbocycles. The highest BCUT2D eigenvalue weighted by atomic mass is 32.2. The van der Waals surface area contributed by atoms with Gasteiger partial charge in [-0.1, -0.05) is 11.2 Å². The smallest absolute Gasteiger partial charge is 0.243 e. The van der Waals surface area contributed by atoms with Gasteiger partial charge in [0.1, 0.15) is 23.9 Å². The topological polar surface area (TPSA) is 119 Å². The number of nitrogens with zero attached hydrogens (tertiary/aromatic N) is 2. The third-order valence-electron chi connectivity index (χ3n) is 3.61. The number of pyridine rings is 1. The maximum atomic E-state index is 14.2. The molecule has 0 atom stereocenters. The molecular weight excluding hydrogens is 368 g/mol. The van der Waals surface area contributed by atoms with Crippen LogP contribution in [-0.2, 0) is 16.6 Å². The number of sulfonamides is 1. The highest BCUT2D eigenvalue weighted by molar-refractivity contribution is 7.89. The molecule has 7 nitrogen and oxygen atoms in total. The van der Waals surface area contributed by atoms with Crippen LogP contribution >= 0.6 is 0 Å². The van der Waals surface area contributed by atoms with E-state index in [1.165, 1.54) is 0 Å². The minimum absolute atomic E-state index is 0.0505. The van der Waals surface area contributed by atoms with Gasteiger partial charge in [-0.2, -0.15) is 0 Å². The van der Waals surface area contributed by atoms with Crippen LogP contribution in [0.3, 0.4) is 0 Å². The molecule has 0 saturated carbocycles. The predicted octanol–water partition coefficient (Wildman–Crippen LogP) is 2.13. The van der Waals surface area contributed by atoms with Crippen LogP contribution in [0, 0.1) is 18.6 Å². The van der Waals surface area contributed by atoms with Gasteiger partial charge in [0.2, 0.25) is 10.0 Å². The second-order valence-corrected chi connectivity index (χ2v) is 6.96. The van der Waals surface area contributed by atoms with Crippen molar-refractivity contribution in [3.8, 4) is 22.5 Å². The van der Waals surface area contributed by atoms with Crippen LogP contribution in [-0.4, -0.2) is 23.7 Å². The van der Waals surface area contributed by atoms with Crippen LogP contribution in [0.5, 0.6) is 0 Å². The maximum absolute atomic E-state index is 14.2. The third kappa shape index (κ3) is 3.21. The van der Waals surface area contributed by atoms with E-state index < -0.39 is 33.2 Å². The van der Waals surface area contributed by atoms with Gasteiger partial charge in [0.15, 0.2) is 10.7 Å². The van der Waals surface area contributed by atoms with Gasteiger partial charge in [0.25, 0.3) is 0 Å². The number of aryl methyl sites for hydroxylation is 1. The number of rotatable bonds is 4. The SMILES string of the molecule is Cc1cccc(-c2noc(CO)c2-c2cc(F)c(S(N)(=O)=O)c(F)c2)n1. The summed E-state index contributed by atoms with van der Waals surface area (Å²) in [4.78, 5) is 3.03. The summed E-state index contributed by atoms with van der Waals surface area (Å²) in [5, 5.41) is 18.1. The third-order valence-corrected chi connectivity index (χ3v) is 4.57. The van der Waals surface area contributed by atoms with Gasteiger partial charge in [-0.05, 0) is 36.8 Å². The number of aliphatic hydroxyl groups is 1. The fourth-order valence-corrected chi connectivity index (χ4v) is 3.22. The number of nitrogens with two attached hydrogens (primary N) is 1. The Hall–Kier alpha value is -2.69. The molecule has 3 N–H and O–H groups in total. The molecule has 136 valence electrons. The van der Waals surface area contributed by atoms with Crippen molar-refractivity contribution in [3.05, 3.63) is 53.4 Å². The first-order chi connectivity index (χ1) is 12.2. The van der Waals surface area contributed by atoms with Gasteiger partial charge >= 0.3 is 0 Å². The molecule has 26 heavy (non-hydrogen) atoms. The monoisotopic (exact) mass is 381 g/mol. The first-order valence-corrected chi connectivity index (χ1v) is 8.82. The minimum Gasteiger partial charge on any atom is -0.388 e. The lowest BCUT2D eigenvalue weighted by Gasteiger charge is -2.08. The lowest BCUT2D eigenvalue weighted by Crippen LogP contribution is -2.16. The molecule has 0 aliphatic rings. The number of halogens is 2. The average molecular weight is 381 g/mol. The van der Waals surface area contributed by atoms with Gasteiger partial charge < -0.3 is 9.63 Å². The van der Waals surface area contributed by atoms with Crippen molar-refractivity contribution in [2.24, 2.45) is 5.14 Å². The maximum Gasteiger partial charge on any atom is 0.243 e. The lowest BCUT2D eigenvalue weighted by molar-refractivity contribution is 0.230. The van der Waals surface area contributed by atoms with Crippen molar-refractivity contribution in [2.45, 2.75) is 18.4 Å². The fraction of sp³-hybridized carbons (Fsp3) is 0.125. The molecule has 0 saturated heterocycles. The van der Waals surface area contributed by atoms with Crippen LogP contribution in [0.4, 0.5) is 8.78 Å². The van der Waals surface area contributed by atoms with E-state index in [0.717, 1.165) is 12.1 Å². The Kier molecular flexibility index (Phi) is 4.57. The number of primary sulfonamides is 1. The summed E-state index contributed by atoms with van der Waals surface area (Å²) in [6.45, 7) is 1.16. The summed E-state index contributed by atoms with van der Waals surface area (Å²) in [6, 6.07) is 6.64. The summed E-state index contributed by atoms with van der Waals surface area (Å²) in [7, 11) is -4.58. The Morgan fingerprint density at radius 2 is 1.88 bits per heavy atom. The molecule has 0 aliphatic carbocycles. The molecule has 2 heterocycles. The van der Waals surface area contributed by atoms with Crippen LogP contribution in [0.1, 0.15) is 11.5 Å². The lowest BCUT2D eigenvalue weighted by atomic mass is 10.0. The average Bonchev–Trinajstić information content (AvgIpc) is 2.96. The number of aliphatic hydroxyl groups excluding tert-OH is 1. The molecule has 0 spiro atoms. The number of benzene rings is 1. The van der Waals surface area contributed by atoms with Crippen molar-refractivity contribution in [1.82, 2.24) is 10.1 Å². The molecule has 0 radical (unpaired) electrons. The van der Waals surface area contributed by atoms with Gasteiger partial charge in [-0.25, -0.2) is 22.3 Å². The van der Waals surface area contributed by atoms with E-state index in [1.807, 2.05) is 0 Å². The van der Waals surface area contributed by atoms with Crippen molar-refractivity contribution in [1.29, 1.82) is 0 Å². The second-order valence-electron chi connectivity index (χ2n) is 5.47. The standard InChI is InChI=1S/C16H13F2N3O4S/c1-8-3-2-4-12(20-8)15-14(13(7-22)25-21-15)9-5-10(17)16(11(18)6-9)26(19,23)24/h2-6,22H,7H2,1H3,(H2,19,23,24). The van der Waals surface area contributed by atoms with E-state index in [2.05, 4.69) is 10.1 Å². The van der Waals surface area contributed by atoms with E-state index in [1.54, 1.807) is 25.1 Å². The van der Waals surface area contributed by atoms with Gasteiger partial charge in [0, 0.05) is 5.69 Å².